The Bertz CT molecular complexity index is 2040. The van der Waals surface area contributed by atoms with E-state index in [-0.39, 0.29) is 25.7 Å². The second kappa shape index (κ2) is 73.1. The van der Waals surface area contributed by atoms with Crippen LogP contribution in [0, 0.1) is 11.8 Å². The van der Waals surface area contributed by atoms with Crippen LogP contribution < -0.4 is 0 Å². The minimum absolute atomic E-state index is 0.101. The molecule has 0 aromatic heterocycles. The summed E-state index contributed by atoms with van der Waals surface area (Å²) in [5.41, 5.74) is 0. The summed E-state index contributed by atoms with van der Waals surface area (Å²) < 4.78 is 68.7. The molecule has 101 heavy (non-hydrogen) atoms. The third-order valence-electron chi connectivity index (χ3n) is 18.9. The van der Waals surface area contributed by atoms with Gasteiger partial charge >= 0.3 is 39.5 Å². The lowest BCUT2D eigenvalue weighted by Crippen LogP contribution is -2.30. The fourth-order valence-corrected chi connectivity index (χ4v) is 13.7. The number of phosphoric ester groups is 2. The molecular weight excluding hydrogens is 1320 g/mol. The van der Waals surface area contributed by atoms with Crippen molar-refractivity contribution >= 4 is 39.5 Å². The van der Waals surface area contributed by atoms with Crippen LogP contribution in [0.2, 0.25) is 0 Å². The van der Waals surface area contributed by atoms with Crippen molar-refractivity contribution < 1.29 is 80.2 Å². The molecule has 0 spiro atoms. The van der Waals surface area contributed by atoms with Crippen molar-refractivity contribution in [3.63, 3.8) is 0 Å². The average molecular weight is 1480 g/mol. The molecule has 0 saturated heterocycles. The Kier molecular flexibility index (Phi) is 71.3. The van der Waals surface area contributed by atoms with Crippen LogP contribution in [0.4, 0.5) is 0 Å². The van der Waals surface area contributed by atoms with Crippen molar-refractivity contribution in [1.82, 2.24) is 0 Å². The second-order valence-corrected chi connectivity index (χ2v) is 32.5. The van der Waals surface area contributed by atoms with Crippen LogP contribution >= 0.6 is 15.6 Å². The molecule has 6 atom stereocenters. The normalized spacial score (nSPS) is 14.3. The summed E-state index contributed by atoms with van der Waals surface area (Å²) in [4.78, 5) is 73.0. The standard InChI is InChI=1S/C82H156O17P2/c1-7-10-12-14-16-18-20-22-27-31-35-41-47-53-59-65-80(85)93-70-77(98-81(86)66-60-54-48-42-36-32-29-26-24-23-25-28-30-33-39-45-51-57-63-75(6)9-3)72-96-100(88,89)94-68-76(83)69-95-101(90,91)97-73-78(99-82(87)67-61-55-49-43-37-38-44-50-56-62-74(4)5)71-92-79(84)64-58-52-46-40-34-21-19-17-15-13-11-8-2/h18,20,22,27,74-78,83H,7-17,19,21,23-26,28-73H2,1-6H3,(H,88,89)(H,90,91)/b20-18-,27-22-/t75?,76-,77-,78-/m1/s1. The molecule has 0 saturated carbocycles. The van der Waals surface area contributed by atoms with Crippen molar-refractivity contribution in [2.75, 3.05) is 39.6 Å². The lowest BCUT2D eigenvalue weighted by atomic mass is 9.99. The summed E-state index contributed by atoms with van der Waals surface area (Å²) in [7, 11) is -9.93. The number of rotatable bonds is 79. The number of carbonyl (C=O) groups excluding carboxylic acids is 4. The van der Waals surface area contributed by atoms with E-state index in [9.17, 15) is 43.2 Å². The number of ether oxygens (including phenoxy) is 4. The molecule has 0 aromatic rings. The molecule has 596 valence electrons. The van der Waals surface area contributed by atoms with E-state index < -0.39 is 97.5 Å². The summed E-state index contributed by atoms with van der Waals surface area (Å²) in [6.07, 6.45) is 66.0. The Morgan fingerprint density at radius 2 is 0.584 bits per heavy atom. The van der Waals surface area contributed by atoms with Gasteiger partial charge in [0.1, 0.15) is 19.3 Å². The first-order valence-electron chi connectivity index (χ1n) is 41.8. The Morgan fingerprint density at radius 1 is 0.327 bits per heavy atom. The Morgan fingerprint density at radius 3 is 0.891 bits per heavy atom. The van der Waals surface area contributed by atoms with Crippen LogP contribution in [0.3, 0.4) is 0 Å². The van der Waals surface area contributed by atoms with Crippen molar-refractivity contribution in [2.24, 2.45) is 11.8 Å². The number of unbranched alkanes of at least 4 members (excludes halogenated alkanes) is 45. The molecule has 0 bridgehead atoms. The van der Waals surface area contributed by atoms with E-state index in [2.05, 4.69) is 65.8 Å². The lowest BCUT2D eigenvalue weighted by Gasteiger charge is -2.21. The number of aliphatic hydroxyl groups excluding tert-OH is 1. The summed E-state index contributed by atoms with van der Waals surface area (Å²) in [5, 5.41) is 10.6. The quantitative estimate of drug-likeness (QED) is 0.0169. The molecule has 3 N–H and O–H groups in total. The Labute approximate surface area is 618 Å². The molecule has 3 unspecified atom stereocenters. The van der Waals surface area contributed by atoms with Gasteiger partial charge in [-0.25, -0.2) is 9.13 Å². The van der Waals surface area contributed by atoms with Crippen molar-refractivity contribution in [3.05, 3.63) is 24.3 Å². The maximum absolute atomic E-state index is 13.1. The largest absolute Gasteiger partial charge is 0.472 e. The maximum Gasteiger partial charge on any atom is 0.472 e. The monoisotopic (exact) mass is 1480 g/mol. The second-order valence-electron chi connectivity index (χ2n) is 29.5. The smallest absolute Gasteiger partial charge is 0.462 e. The zero-order valence-electron chi connectivity index (χ0n) is 65.7. The van der Waals surface area contributed by atoms with Gasteiger partial charge in [0.25, 0.3) is 0 Å². The SMILES string of the molecule is CCCCCC/C=C\C=C/CCCCCCCC(=O)OC[C@H](COP(=O)(O)OC[C@@H](O)COP(=O)(O)OC[C@@H](COC(=O)CCCCCCCCCCCCCC)OC(=O)CCCCCCCCCCCC(C)C)OC(=O)CCCCCCCCCCCCCCCCCCCCC(C)CC. The lowest BCUT2D eigenvalue weighted by molar-refractivity contribution is -0.161. The third-order valence-corrected chi connectivity index (χ3v) is 20.8. The van der Waals surface area contributed by atoms with Gasteiger partial charge in [-0.2, -0.15) is 0 Å². The van der Waals surface area contributed by atoms with Gasteiger partial charge < -0.3 is 33.8 Å². The van der Waals surface area contributed by atoms with E-state index in [1.165, 1.54) is 205 Å². The molecule has 0 aliphatic rings. The van der Waals surface area contributed by atoms with Gasteiger partial charge in [-0.3, -0.25) is 37.3 Å². The molecule has 0 radical (unpaired) electrons. The van der Waals surface area contributed by atoms with E-state index in [0.717, 1.165) is 121 Å². The topological polar surface area (TPSA) is 237 Å². The van der Waals surface area contributed by atoms with Crippen LogP contribution in [0.1, 0.15) is 408 Å². The predicted octanol–water partition coefficient (Wildman–Crippen LogP) is 24.2. The fourth-order valence-electron chi connectivity index (χ4n) is 12.1. The molecule has 0 fully saturated rings. The third kappa shape index (κ3) is 74.2. The van der Waals surface area contributed by atoms with Gasteiger partial charge in [-0.15, -0.1) is 0 Å². The number of hydrogen-bond donors (Lipinski definition) is 3. The van der Waals surface area contributed by atoms with E-state index in [4.69, 9.17) is 37.0 Å². The van der Waals surface area contributed by atoms with Crippen molar-refractivity contribution in [3.8, 4) is 0 Å². The number of allylic oxidation sites excluding steroid dienone is 4. The molecule has 19 heteroatoms. The van der Waals surface area contributed by atoms with Gasteiger partial charge in [0.2, 0.25) is 0 Å². The summed E-state index contributed by atoms with van der Waals surface area (Å²) in [6, 6.07) is 0. The van der Waals surface area contributed by atoms with E-state index in [1.807, 2.05) is 0 Å². The number of esters is 4. The molecule has 17 nitrogen and oxygen atoms in total. The summed E-state index contributed by atoms with van der Waals surface area (Å²) >= 11 is 0. The molecule has 0 heterocycles. The highest BCUT2D eigenvalue weighted by molar-refractivity contribution is 7.47. The molecule has 0 aliphatic heterocycles. The maximum atomic E-state index is 13.1. The van der Waals surface area contributed by atoms with Crippen LogP contribution in [-0.4, -0.2) is 96.7 Å². The zero-order chi connectivity index (χ0) is 74.2. The van der Waals surface area contributed by atoms with E-state index in [1.54, 1.807) is 0 Å². The highest BCUT2D eigenvalue weighted by Crippen LogP contribution is 2.45. The van der Waals surface area contributed by atoms with Crippen LogP contribution in [0.15, 0.2) is 24.3 Å². The van der Waals surface area contributed by atoms with Gasteiger partial charge in [-0.05, 0) is 63.2 Å². The minimum atomic E-state index is -4.97. The molecule has 0 aromatic carbocycles. The molecular formula is C82H156O17P2. The predicted molar refractivity (Wildman–Crippen MR) is 414 cm³/mol. The summed E-state index contributed by atoms with van der Waals surface area (Å²) in [5.74, 6) is -0.534. The summed E-state index contributed by atoms with van der Waals surface area (Å²) in [6.45, 7) is 9.61. The van der Waals surface area contributed by atoms with Crippen molar-refractivity contribution in [1.29, 1.82) is 0 Å². The first-order chi connectivity index (χ1) is 48.9. The molecule has 0 amide bonds. The molecule has 0 rings (SSSR count). The minimum Gasteiger partial charge on any atom is -0.462 e. The molecule has 0 aliphatic carbocycles. The van der Waals surface area contributed by atoms with Crippen LogP contribution in [-0.2, 0) is 65.4 Å². The number of aliphatic hydroxyl groups is 1. The first-order valence-corrected chi connectivity index (χ1v) is 44.8. The fraction of sp³-hybridized carbons (Fsp3) is 0.902. The van der Waals surface area contributed by atoms with Gasteiger partial charge in [0.05, 0.1) is 26.4 Å². The van der Waals surface area contributed by atoms with Crippen LogP contribution in [0.25, 0.3) is 0 Å². The van der Waals surface area contributed by atoms with Crippen molar-refractivity contribution in [2.45, 2.75) is 426 Å². The first kappa shape index (κ1) is 98.5. The number of carbonyl (C=O) groups is 4. The number of hydrogen-bond acceptors (Lipinski definition) is 15. The number of phosphoric acid groups is 2. The average Bonchev–Trinajstić information content (AvgIpc) is 1.19. The van der Waals surface area contributed by atoms with E-state index >= 15 is 0 Å². The van der Waals surface area contributed by atoms with E-state index in [0.29, 0.717) is 25.7 Å². The van der Waals surface area contributed by atoms with Crippen LogP contribution in [0.5, 0.6) is 0 Å². The highest BCUT2D eigenvalue weighted by atomic mass is 31.2. The zero-order valence-corrected chi connectivity index (χ0v) is 67.5. The Balaban J connectivity index is 5.25. The van der Waals surface area contributed by atoms with Gasteiger partial charge in [0, 0.05) is 25.7 Å². The van der Waals surface area contributed by atoms with Gasteiger partial charge in [-0.1, -0.05) is 355 Å². The highest BCUT2D eigenvalue weighted by Gasteiger charge is 2.30. The van der Waals surface area contributed by atoms with Gasteiger partial charge in [0.15, 0.2) is 12.2 Å². The Hall–Kier alpha value is -2.46.